The van der Waals surface area contributed by atoms with Gasteiger partial charge in [0.2, 0.25) is 0 Å². The highest BCUT2D eigenvalue weighted by Crippen LogP contribution is 2.64. The van der Waals surface area contributed by atoms with Crippen LogP contribution in [0.15, 0.2) is 12.7 Å². The number of hydrogen-bond donors (Lipinski definition) is 0. The molecule has 0 aromatic carbocycles. The smallest absolute Gasteiger partial charge is 0.123 e. The van der Waals surface area contributed by atoms with E-state index in [2.05, 4.69) is 34.3 Å². The van der Waals surface area contributed by atoms with Crippen LogP contribution in [0, 0.1) is 22.7 Å². The monoisotopic (exact) mass is 180 g/mol. The van der Waals surface area contributed by atoms with Crippen molar-refractivity contribution in [2.75, 3.05) is 0 Å². The lowest BCUT2D eigenvalue weighted by Crippen LogP contribution is -2.60. The van der Waals surface area contributed by atoms with Gasteiger partial charge in [-0.2, -0.15) is 0 Å². The molecule has 1 heteroatoms. The summed E-state index contributed by atoms with van der Waals surface area (Å²) in [7, 11) is 0. The average molecular weight is 180 g/mol. The maximum absolute atomic E-state index is 10.9. The van der Waals surface area contributed by atoms with Gasteiger partial charge in [0.05, 0.1) is 0 Å². The lowest BCUT2D eigenvalue weighted by Gasteiger charge is -2.63. The predicted molar refractivity (Wildman–Crippen MR) is 55.4 cm³/mol. The summed E-state index contributed by atoms with van der Waals surface area (Å²) in [5.41, 5.74) is 0.398. The summed E-state index contributed by atoms with van der Waals surface area (Å²) >= 11 is 0. The normalized spacial score (nSPS) is 34.8. The van der Waals surface area contributed by atoms with E-state index in [-0.39, 0.29) is 16.7 Å². The van der Waals surface area contributed by atoms with E-state index in [4.69, 9.17) is 0 Å². The number of rotatable bonds is 3. The maximum Gasteiger partial charge on any atom is 0.123 e. The number of carbonyl (C=O) groups is 1. The third-order valence-corrected chi connectivity index (χ3v) is 4.42. The summed E-state index contributed by atoms with van der Waals surface area (Å²) in [5.74, 6) is 0.693. The minimum atomic E-state index is 0.141. The highest BCUT2D eigenvalue weighted by Gasteiger charge is 2.60. The molecule has 1 aliphatic carbocycles. The van der Waals surface area contributed by atoms with E-state index < -0.39 is 0 Å². The van der Waals surface area contributed by atoms with Crippen molar-refractivity contribution < 1.29 is 4.79 Å². The number of hydrogen-bond acceptors (Lipinski definition) is 1. The van der Waals surface area contributed by atoms with Crippen LogP contribution in [-0.2, 0) is 4.79 Å². The first-order valence-corrected chi connectivity index (χ1v) is 4.95. The van der Waals surface area contributed by atoms with Gasteiger partial charge in [-0.15, -0.1) is 6.58 Å². The SMILES string of the molecule is C=CCC1C(C=O)C(C)(C)C1(C)C. The summed E-state index contributed by atoms with van der Waals surface area (Å²) in [6, 6.07) is 0. The Balaban J connectivity index is 2.87. The van der Waals surface area contributed by atoms with Gasteiger partial charge in [-0.25, -0.2) is 0 Å². The summed E-state index contributed by atoms with van der Waals surface area (Å²) < 4.78 is 0. The first-order valence-electron chi connectivity index (χ1n) is 4.95. The van der Waals surface area contributed by atoms with Crippen molar-refractivity contribution in [3.05, 3.63) is 12.7 Å². The second-order valence-corrected chi connectivity index (χ2v) is 5.24. The van der Waals surface area contributed by atoms with Crippen LogP contribution in [0.2, 0.25) is 0 Å². The van der Waals surface area contributed by atoms with Crippen molar-refractivity contribution in [2.24, 2.45) is 22.7 Å². The van der Waals surface area contributed by atoms with E-state index in [1.807, 2.05) is 6.08 Å². The third kappa shape index (κ3) is 1.17. The Morgan fingerprint density at radius 1 is 1.23 bits per heavy atom. The molecular formula is C12H20O. The Kier molecular flexibility index (Phi) is 2.40. The summed E-state index contributed by atoms with van der Waals surface area (Å²) in [4.78, 5) is 10.9. The molecule has 0 N–H and O–H groups in total. The lowest BCUT2D eigenvalue weighted by atomic mass is 9.40. The predicted octanol–water partition coefficient (Wildman–Crippen LogP) is 3.06. The van der Waals surface area contributed by atoms with Gasteiger partial charge >= 0.3 is 0 Å². The molecule has 13 heavy (non-hydrogen) atoms. The van der Waals surface area contributed by atoms with E-state index in [0.29, 0.717) is 5.92 Å². The van der Waals surface area contributed by atoms with Crippen LogP contribution in [0.3, 0.4) is 0 Å². The first kappa shape index (κ1) is 10.5. The number of allylic oxidation sites excluding steroid dienone is 1. The number of aldehydes is 1. The van der Waals surface area contributed by atoms with E-state index in [1.165, 1.54) is 0 Å². The van der Waals surface area contributed by atoms with Crippen LogP contribution in [0.1, 0.15) is 34.1 Å². The minimum absolute atomic E-state index is 0.141. The Morgan fingerprint density at radius 2 is 1.77 bits per heavy atom. The molecule has 1 saturated carbocycles. The zero-order valence-electron chi connectivity index (χ0n) is 9.13. The molecule has 2 unspecified atom stereocenters. The quantitative estimate of drug-likeness (QED) is 0.482. The lowest BCUT2D eigenvalue weighted by molar-refractivity contribution is -0.169. The molecular weight excluding hydrogens is 160 g/mol. The van der Waals surface area contributed by atoms with Gasteiger partial charge in [0.1, 0.15) is 6.29 Å². The summed E-state index contributed by atoms with van der Waals surface area (Å²) in [6.07, 6.45) is 4.01. The van der Waals surface area contributed by atoms with Crippen molar-refractivity contribution >= 4 is 6.29 Å². The maximum atomic E-state index is 10.9. The molecule has 0 heterocycles. The summed E-state index contributed by atoms with van der Waals surface area (Å²) in [5, 5.41) is 0. The molecule has 1 fully saturated rings. The molecule has 0 spiro atoms. The highest BCUT2D eigenvalue weighted by atomic mass is 16.1. The first-order chi connectivity index (χ1) is 5.89. The van der Waals surface area contributed by atoms with Gasteiger partial charge in [-0.05, 0) is 23.2 Å². The topological polar surface area (TPSA) is 17.1 Å². The third-order valence-electron chi connectivity index (χ3n) is 4.42. The van der Waals surface area contributed by atoms with Crippen LogP contribution < -0.4 is 0 Å². The van der Waals surface area contributed by atoms with Crippen molar-refractivity contribution in [3.8, 4) is 0 Å². The highest BCUT2D eigenvalue weighted by molar-refractivity contribution is 5.59. The molecule has 1 nitrogen and oxygen atoms in total. The van der Waals surface area contributed by atoms with Crippen LogP contribution in [0.4, 0.5) is 0 Å². The van der Waals surface area contributed by atoms with Crippen molar-refractivity contribution in [2.45, 2.75) is 34.1 Å². The molecule has 0 aromatic heterocycles. The standard InChI is InChI=1S/C12H20O/c1-6-7-9-10(8-13)12(4,5)11(9,2)3/h6,8-10H,1,7H2,2-5H3. The second-order valence-electron chi connectivity index (χ2n) is 5.24. The van der Waals surface area contributed by atoms with Crippen LogP contribution in [-0.4, -0.2) is 6.29 Å². The molecule has 0 radical (unpaired) electrons. The molecule has 1 rings (SSSR count). The van der Waals surface area contributed by atoms with Crippen molar-refractivity contribution in [3.63, 3.8) is 0 Å². The largest absolute Gasteiger partial charge is 0.303 e. The summed E-state index contributed by atoms with van der Waals surface area (Å²) in [6.45, 7) is 12.6. The Hall–Kier alpha value is -0.590. The molecule has 74 valence electrons. The fourth-order valence-corrected chi connectivity index (χ4v) is 2.65. The van der Waals surface area contributed by atoms with Crippen molar-refractivity contribution in [1.82, 2.24) is 0 Å². The zero-order chi connectivity index (χ0) is 10.3. The zero-order valence-corrected chi connectivity index (χ0v) is 9.13. The molecule has 1 aliphatic rings. The average Bonchev–Trinajstić information content (AvgIpc) is 2.03. The Morgan fingerprint density at radius 3 is 2.15 bits per heavy atom. The molecule has 0 amide bonds. The van der Waals surface area contributed by atoms with Gasteiger partial charge < -0.3 is 4.79 Å². The molecule has 0 saturated heterocycles. The molecule has 0 aromatic rings. The van der Waals surface area contributed by atoms with Gasteiger partial charge in [0, 0.05) is 5.92 Å². The van der Waals surface area contributed by atoms with Gasteiger partial charge in [-0.3, -0.25) is 0 Å². The Labute approximate surface area is 81.2 Å². The van der Waals surface area contributed by atoms with Crippen molar-refractivity contribution in [1.29, 1.82) is 0 Å². The Bertz CT molecular complexity index is 225. The molecule has 2 atom stereocenters. The fraction of sp³-hybridized carbons (Fsp3) is 0.750. The van der Waals surface area contributed by atoms with Crippen LogP contribution in [0.25, 0.3) is 0 Å². The molecule has 0 bridgehead atoms. The van der Waals surface area contributed by atoms with E-state index in [0.717, 1.165) is 12.7 Å². The minimum Gasteiger partial charge on any atom is -0.303 e. The van der Waals surface area contributed by atoms with Gasteiger partial charge in [-0.1, -0.05) is 33.8 Å². The van der Waals surface area contributed by atoms with Gasteiger partial charge in [0.15, 0.2) is 0 Å². The van der Waals surface area contributed by atoms with Crippen LogP contribution in [0.5, 0.6) is 0 Å². The molecule has 0 aliphatic heterocycles. The number of carbonyl (C=O) groups excluding carboxylic acids is 1. The van der Waals surface area contributed by atoms with E-state index >= 15 is 0 Å². The van der Waals surface area contributed by atoms with Crippen LogP contribution >= 0.6 is 0 Å². The van der Waals surface area contributed by atoms with E-state index in [9.17, 15) is 4.79 Å². The van der Waals surface area contributed by atoms with E-state index in [1.54, 1.807) is 0 Å². The second kappa shape index (κ2) is 2.97. The van der Waals surface area contributed by atoms with Gasteiger partial charge in [0.25, 0.3) is 0 Å². The fourth-order valence-electron chi connectivity index (χ4n) is 2.65.